The molecule has 0 fully saturated rings. The van der Waals surface area contributed by atoms with E-state index in [2.05, 4.69) is 22.2 Å². The number of anilines is 1. The van der Waals surface area contributed by atoms with Crippen LogP contribution in [0, 0.1) is 13.8 Å². The lowest BCUT2D eigenvalue weighted by Gasteiger charge is -2.18. The van der Waals surface area contributed by atoms with Gasteiger partial charge in [-0.15, -0.1) is 0 Å². The van der Waals surface area contributed by atoms with Gasteiger partial charge in [0, 0.05) is 42.5 Å². The first kappa shape index (κ1) is 24.4. The Bertz CT molecular complexity index is 1570. The minimum atomic E-state index is -0.391. The second-order valence-corrected chi connectivity index (χ2v) is 8.36. The molecule has 2 amide bonds. The van der Waals surface area contributed by atoms with Crippen LogP contribution in [-0.4, -0.2) is 28.4 Å². The number of amides is 2. The maximum atomic E-state index is 13.0. The number of nitrogens with zero attached hydrogens (tertiary/aromatic N) is 2. The number of fused-ring (bicyclic) bond motifs is 1. The van der Waals surface area contributed by atoms with Crippen molar-refractivity contribution in [2.45, 2.75) is 13.8 Å². The van der Waals surface area contributed by atoms with Crippen molar-refractivity contribution in [3.05, 3.63) is 94.6 Å². The molecule has 2 heterocycles. The molecule has 0 bridgehead atoms. The summed E-state index contributed by atoms with van der Waals surface area (Å²) in [7, 11) is 3.12. The quantitative estimate of drug-likeness (QED) is 0.394. The average molecular weight is 483 g/mol. The summed E-state index contributed by atoms with van der Waals surface area (Å²) < 4.78 is 7.82. The summed E-state index contributed by atoms with van der Waals surface area (Å²) in [6.45, 7) is 7.44. The van der Waals surface area contributed by atoms with E-state index in [1.807, 2.05) is 32.0 Å². The zero-order valence-corrected chi connectivity index (χ0v) is 20.5. The molecule has 0 spiro atoms. The van der Waals surface area contributed by atoms with Crippen LogP contribution in [0.3, 0.4) is 0 Å². The number of carbonyl (C=O) groups is 2. The summed E-state index contributed by atoms with van der Waals surface area (Å²) in [5, 5.41) is 5.84. The van der Waals surface area contributed by atoms with E-state index in [9.17, 15) is 14.4 Å². The number of carbonyl (C=O) groups excluding carboxylic acids is 2. The van der Waals surface area contributed by atoms with Gasteiger partial charge in [0.1, 0.15) is 22.7 Å². The Morgan fingerprint density at radius 3 is 2.44 bits per heavy atom. The molecular weight excluding hydrogens is 456 g/mol. The minimum absolute atomic E-state index is 0.137. The summed E-state index contributed by atoms with van der Waals surface area (Å²) in [6, 6.07) is 14.4. The van der Waals surface area contributed by atoms with Gasteiger partial charge in [-0.1, -0.05) is 24.8 Å². The molecule has 0 atom stereocenters. The van der Waals surface area contributed by atoms with Crippen molar-refractivity contribution in [1.82, 2.24) is 14.9 Å². The summed E-state index contributed by atoms with van der Waals surface area (Å²) >= 11 is 0. The highest BCUT2D eigenvalue weighted by atomic mass is 16.5. The molecule has 0 aliphatic carbocycles. The molecule has 8 heteroatoms. The fourth-order valence-electron chi connectivity index (χ4n) is 3.97. The van der Waals surface area contributed by atoms with E-state index in [4.69, 9.17) is 4.74 Å². The monoisotopic (exact) mass is 482 g/mol. The van der Waals surface area contributed by atoms with Gasteiger partial charge in [0.05, 0.1) is 0 Å². The largest absolute Gasteiger partial charge is 0.456 e. The molecule has 0 aliphatic heterocycles. The first-order valence-corrected chi connectivity index (χ1v) is 11.3. The van der Waals surface area contributed by atoms with Crippen LogP contribution in [0.25, 0.3) is 22.0 Å². The third kappa shape index (κ3) is 4.61. The van der Waals surface area contributed by atoms with E-state index in [1.165, 1.54) is 17.7 Å². The van der Waals surface area contributed by atoms with E-state index >= 15 is 0 Å². The predicted octanol–water partition coefficient (Wildman–Crippen LogP) is 4.49. The first-order chi connectivity index (χ1) is 17.2. The van der Waals surface area contributed by atoms with Gasteiger partial charge in [0.25, 0.3) is 11.5 Å². The summed E-state index contributed by atoms with van der Waals surface area (Å²) in [5.41, 5.74) is 3.69. The molecule has 0 saturated carbocycles. The number of pyridine rings is 2. The van der Waals surface area contributed by atoms with Crippen LogP contribution in [0.4, 0.5) is 5.69 Å². The standard InChI is InChI=1S/C28H26N4O4/c1-6-24(33)30-18-10-13-23(36-26-16(2)8-7-9-17(26)3)20(14-18)21-15-32(5)28(35)25-19(21)11-12-22(31-25)27(34)29-4/h6-15H,1H2,2-5H3,(H,29,34)(H,30,33). The molecule has 4 rings (SSSR count). The number of para-hydroxylation sites is 1. The van der Waals surface area contributed by atoms with Crippen LogP contribution in [0.1, 0.15) is 21.6 Å². The average Bonchev–Trinajstić information content (AvgIpc) is 2.88. The highest BCUT2D eigenvalue weighted by molar-refractivity contribution is 6.02. The molecule has 182 valence electrons. The minimum Gasteiger partial charge on any atom is -0.456 e. The van der Waals surface area contributed by atoms with Gasteiger partial charge in [-0.2, -0.15) is 0 Å². The molecule has 0 saturated heterocycles. The van der Waals surface area contributed by atoms with Gasteiger partial charge in [0.2, 0.25) is 5.91 Å². The highest BCUT2D eigenvalue weighted by Crippen LogP contribution is 2.39. The van der Waals surface area contributed by atoms with Crippen molar-refractivity contribution in [2.24, 2.45) is 7.05 Å². The highest BCUT2D eigenvalue weighted by Gasteiger charge is 2.18. The van der Waals surface area contributed by atoms with E-state index in [1.54, 1.807) is 43.6 Å². The van der Waals surface area contributed by atoms with Crippen molar-refractivity contribution in [3.8, 4) is 22.6 Å². The molecule has 2 aromatic carbocycles. The Kier molecular flexibility index (Phi) is 6.69. The van der Waals surface area contributed by atoms with Crippen LogP contribution in [0.15, 0.2) is 72.2 Å². The molecular formula is C28H26N4O4. The van der Waals surface area contributed by atoms with Gasteiger partial charge in [-0.25, -0.2) is 4.98 Å². The van der Waals surface area contributed by atoms with Gasteiger partial charge in [-0.3, -0.25) is 14.4 Å². The number of rotatable bonds is 6. The summed E-state index contributed by atoms with van der Waals surface area (Å²) in [5.74, 6) is 0.499. The van der Waals surface area contributed by atoms with Gasteiger partial charge >= 0.3 is 0 Å². The Morgan fingerprint density at radius 1 is 1.06 bits per heavy atom. The normalized spacial score (nSPS) is 10.7. The van der Waals surface area contributed by atoms with Crippen LogP contribution in [0.5, 0.6) is 11.5 Å². The number of benzene rings is 2. The Labute approximate surface area is 208 Å². The lowest BCUT2D eigenvalue weighted by molar-refractivity contribution is -0.111. The van der Waals surface area contributed by atoms with Crippen LogP contribution in [0.2, 0.25) is 0 Å². The van der Waals surface area contributed by atoms with Crippen molar-refractivity contribution in [3.63, 3.8) is 0 Å². The number of hydrogen-bond donors (Lipinski definition) is 2. The van der Waals surface area contributed by atoms with Crippen LogP contribution in [-0.2, 0) is 11.8 Å². The second-order valence-electron chi connectivity index (χ2n) is 8.36. The summed E-state index contributed by atoms with van der Waals surface area (Å²) in [4.78, 5) is 41.4. The molecule has 0 radical (unpaired) electrons. The fourth-order valence-corrected chi connectivity index (χ4v) is 3.97. The summed E-state index contributed by atoms with van der Waals surface area (Å²) in [6.07, 6.45) is 2.88. The second kappa shape index (κ2) is 9.87. The SMILES string of the molecule is C=CC(=O)Nc1ccc(Oc2c(C)cccc2C)c(-c2cn(C)c(=O)c3nc(C(=O)NC)ccc23)c1. The zero-order valence-electron chi connectivity index (χ0n) is 20.5. The van der Waals surface area contributed by atoms with Gasteiger partial charge in [0.15, 0.2) is 0 Å². The topological polar surface area (TPSA) is 102 Å². The van der Waals surface area contributed by atoms with Crippen LogP contribution < -0.4 is 20.9 Å². The third-order valence-corrected chi connectivity index (χ3v) is 5.83. The Hall–Kier alpha value is -4.72. The van der Waals surface area contributed by atoms with Crippen molar-refractivity contribution >= 4 is 28.4 Å². The van der Waals surface area contributed by atoms with Gasteiger partial charge < -0.3 is 19.9 Å². The number of aryl methyl sites for hydroxylation is 3. The Morgan fingerprint density at radius 2 is 1.78 bits per heavy atom. The maximum absolute atomic E-state index is 13.0. The Balaban J connectivity index is 1.99. The molecule has 8 nitrogen and oxygen atoms in total. The van der Waals surface area contributed by atoms with Crippen molar-refractivity contribution < 1.29 is 14.3 Å². The number of nitrogens with one attached hydrogen (secondary N) is 2. The van der Waals surface area contributed by atoms with E-state index in [0.29, 0.717) is 28.0 Å². The predicted molar refractivity (Wildman–Crippen MR) is 141 cm³/mol. The molecule has 2 N–H and O–H groups in total. The van der Waals surface area contributed by atoms with E-state index in [-0.39, 0.29) is 22.7 Å². The number of aromatic nitrogens is 2. The van der Waals surface area contributed by atoms with Gasteiger partial charge in [-0.05, 0) is 61.4 Å². The van der Waals surface area contributed by atoms with Crippen molar-refractivity contribution in [2.75, 3.05) is 12.4 Å². The molecule has 0 unspecified atom stereocenters. The van der Waals surface area contributed by atoms with Crippen molar-refractivity contribution in [1.29, 1.82) is 0 Å². The molecule has 4 aromatic rings. The fraction of sp³-hybridized carbons (Fsp3) is 0.143. The van der Waals surface area contributed by atoms with E-state index in [0.717, 1.165) is 16.9 Å². The smallest absolute Gasteiger partial charge is 0.276 e. The lowest BCUT2D eigenvalue weighted by atomic mass is 10.0. The molecule has 2 aromatic heterocycles. The zero-order chi connectivity index (χ0) is 26.0. The molecule has 36 heavy (non-hydrogen) atoms. The van der Waals surface area contributed by atoms with E-state index < -0.39 is 5.91 Å². The lowest BCUT2D eigenvalue weighted by Crippen LogP contribution is -2.22. The number of ether oxygens (including phenoxy) is 1. The third-order valence-electron chi connectivity index (χ3n) is 5.83. The maximum Gasteiger partial charge on any atom is 0.276 e. The molecule has 0 aliphatic rings. The number of hydrogen-bond acceptors (Lipinski definition) is 5. The van der Waals surface area contributed by atoms with Crippen LogP contribution >= 0.6 is 0 Å². The first-order valence-electron chi connectivity index (χ1n) is 11.3.